The first-order valence-corrected chi connectivity index (χ1v) is 8.21. The Kier molecular flexibility index (Phi) is 6.54. The van der Waals surface area contributed by atoms with Crippen LogP contribution in [0.1, 0.15) is 18.9 Å². The van der Waals surface area contributed by atoms with Gasteiger partial charge < -0.3 is 20.1 Å². The molecule has 2 rings (SSSR count). The summed E-state index contributed by atoms with van der Waals surface area (Å²) in [5.74, 6) is -1.33. The Hall–Kier alpha value is -3.09. The molecule has 0 bridgehead atoms. The van der Waals surface area contributed by atoms with E-state index in [1.807, 2.05) is 30.3 Å². The van der Waals surface area contributed by atoms with Crippen LogP contribution in [-0.4, -0.2) is 46.6 Å². The smallest absolute Gasteiger partial charge is 0.408 e. The fraction of sp³-hybridized carbons (Fsp3) is 0.316. The molecule has 2 amide bonds. The normalized spacial score (nSPS) is 19.5. The summed E-state index contributed by atoms with van der Waals surface area (Å²) in [7, 11) is 0. The van der Waals surface area contributed by atoms with Crippen LogP contribution < -0.4 is 5.32 Å². The van der Waals surface area contributed by atoms with E-state index in [1.54, 1.807) is 13.0 Å². The van der Waals surface area contributed by atoms with E-state index in [0.29, 0.717) is 12.0 Å². The van der Waals surface area contributed by atoms with Gasteiger partial charge in [0.2, 0.25) is 5.91 Å². The second-order valence-corrected chi connectivity index (χ2v) is 6.07. The number of β-lactam (4-membered cyclic amide) rings is 1. The second-order valence-electron chi connectivity index (χ2n) is 6.07. The number of carbonyl (C=O) groups is 3. The molecule has 2 atom stereocenters. The van der Waals surface area contributed by atoms with E-state index in [1.165, 1.54) is 4.90 Å². The van der Waals surface area contributed by atoms with E-state index in [4.69, 9.17) is 9.84 Å². The van der Waals surface area contributed by atoms with E-state index < -0.39 is 18.1 Å². The van der Waals surface area contributed by atoms with Crippen molar-refractivity contribution in [1.82, 2.24) is 10.2 Å². The number of ether oxygens (including phenoxy) is 1. The van der Waals surface area contributed by atoms with Crippen LogP contribution in [0.2, 0.25) is 0 Å². The standard InChI is InChI=1S/C19H22N2O5/c1-3-7-15-17(18(24)21(15)11-13(2)10-16(22)23)20-19(25)26-12-14-8-5-4-6-9-14/h3-6,8-10,15,17H,1,7,11-12H2,2H3,(H,20,25)(H,22,23)/t15-,17-/m1/s1. The molecule has 1 aliphatic heterocycles. The molecule has 0 radical (unpaired) electrons. The van der Waals surface area contributed by atoms with E-state index in [0.717, 1.165) is 11.6 Å². The van der Waals surface area contributed by atoms with Gasteiger partial charge in [-0.3, -0.25) is 4.79 Å². The summed E-state index contributed by atoms with van der Waals surface area (Å²) in [5, 5.41) is 11.4. The third-order valence-corrected chi connectivity index (χ3v) is 4.02. The first-order valence-electron chi connectivity index (χ1n) is 8.21. The van der Waals surface area contributed by atoms with Crippen molar-refractivity contribution < 1.29 is 24.2 Å². The van der Waals surface area contributed by atoms with Gasteiger partial charge in [0.1, 0.15) is 12.6 Å². The molecule has 2 N–H and O–H groups in total. The number of carbonyl (C=O) groups excluding carboxylic acids is 2. The van der Waals surface area contributed by atoms with Crippen molar-refractivity contribution >= 4 is 18.0 Å². The SMILES string of the molecule is C=CC[C@@H]1[C@@H](NC(=O)OCc2ccccc2)C(=O)N1CC(C)=CC(=O)O. The molecular weight excluding hydrogens is 336 g/mol. The third kappa shape index (κ3) is 4.95. The fourth-order valence-electron chi connectivity index (χ4n) is 2.81. The lowest BCUT2D eigenvalue weighted by atomic mass is 9.91. The summed E-state index contributed by atoms with van der Waals surface area (Å²) >= 11 is 0. The molecule has 0 spiro atoms. The highest BCUT2D eigenvalue weighted by Gasteiger charge is 2.47. The molecule has 1 aliphatic rings. The van der Waals surface area contributed by atoms with Crippen molar-refractivity contribution in [3.05, 3.63) is 60.2 Å². The zero-order valence-corrected chi connectivity index (χ0v) is 14.6. The van der Waals surface area contributed by atoms with E-state index in [9.17, 15) is 14.4 Å². The minimum atomic E-state index is -1.06. The van der Waals surface area contributed by atoms with Crippen LogP contribution in [0.25, 0.3) is 0 Å². The van der Waals surface area contributed by atoms with Crippen LogP contribution in [-0.2, 0) is 20.9 Å². The van der Waals surface area contributed by atoms with Gasteiger partial charge in [-0.15, -0.1) is 6.58 Å². The van der Waals surface area contributed by atoms with Gasteiger partial charge in [0.25, 0.3) is 0 Å². The quantitative estimate of drug-likeness (QED) is 0.421. The maximum Gasteiger partial charge on any atom is 0.408 e. The molecule has 1 aromatic carbocycles. The Balaban J connectivity index is 1.91. The summed E-state index contributed by atoms with van der Waals surface area (Å²) in [6.45, 7) is 5.62. The number of carboxylic acids is 1. The molecular formula is C19H22N2O5. The lowest BCUT2D eigenvalue weighted by Crippen LogP contribution is -2.70. The molecule has 0 unspecified atom stereocenters. The zero-order valence-electron chi connectivity index (χ0n) is 14.6. The number of rotatable bonds is 8. The Morgan fingerprint density at radius 2 is 2.04 bits per heavy atom. The molecule has 0 aliphatic carbocycles. The first kappa shape index (κ1) is 19.2. The van der Waals surface area contributed by atoms with Gasteiger partial charge in [0, 0.05) is 12.6 Å². The van der Waals surface area contributed by atoms with Crippen molar-refractivity contribution in [2.24, 2.45) is 0 Å². The van der Waals surface area contributed by atoms with Crippen molar-refractivity contribution in [2.45, 2.75) is 32.0 Å². The number of likely N-dealkylation sites (tertiary alicyclic amines) is 1. The van der Waals surface area contributed by atoms with E-state index in [-0.39, 0.29) is 25.1 Å². The summed E-state index contributed by atoms with van der Waals surface area (Å²) < 4.78 is 5.14. The van der Waals surface area contributed by atoms with Crippen molar-refractivity contribution in [1.29, 1.82) is 0 Å². The van der Waals surface area contributed by atoms with Crippen LogP contribution in [0.3, 0.4) is 0 Å². The van der Waals surface area contributed by atoms with Gasteiger partial charge in [0.05, 0.1) is 6.04 Å². The number of hydrogen-bond donors (Lipinski definition) is 2. The van der Waals surface area contributed by atoms with Gasteiger partial charge in [-0.05, 0) is 24.5 Å². The van der Waals surface area contributed by atoms with E-state index >= 15 is 0 Å². The minimum absolute atomic E-state index is 0.115. The number of hydrogen-bond acceptors (Lipinski definition) is 4. The van der Waals surface area contributed by atoms with Crippen molar-refractivity contribution in [3.8, 4) is 0 Å². The largest absolute Gasteiger partial charge is 0.478 e. The third-order valence-electron chi connectivity index (χ3n) is 4.02. The summed E-state index contributed by atoms with van der Waals surface area (Å²) in [6.07, 6.45) is 2.53. The fourth-order valence-corrected chi connectivity index (χ4v) is 2.81. The first-order chi connectivity index (χ1) is 12.4. The number of nitrogens with zero attached hydrogens (tertiary/aromatic N) is 1. The van der Waals surface area contributed by atoms with Crippen LogP contribution >= 0.6 is 0 Å². The number of benzene rings is 1. The summed E-state index contributed by atoms with van der Waals surface area (Å²) in [6, 6.07) is 8.25. The lowest BCUT2D eigenvalue weighted by Gasteiger charge is -2.47. The highest BCUT2D eigenvalue weighted by atomic mass is 16.5. The Labute approximate surface area is 151 Å². The van der Waals surface area contributed by atoms with Gasteiger partial charge in [-0.1, -0.05) is 36.4 Å². The van der Waals surface area contributed by atoms with Crippen LogP contribution in [0.5, 0.6) is 0 Å². The second kappa shape index (κ2) is 8.84. The average molecular weight is 358 g/mol. The number of amides is 2. The average Bonchev–Trinajstić information content (AvgIpc) is 2.61. The molecule has 138 valence electrons. The Morgan fingerprint density at radius 3 is 2.65 bits per heavy atom. The number of nitrogens with one attached hydrogen (secondary N) is 1. The van der Waals surface area contributed by atoms with E-state index in [2.05, 4.69) is 11.9 Å². The molecule has 26 heavy (non-hydrogen) atoms. The van der Waals surface area contributed by atoms with Gasteiger partial charge in [-0.2, -0.15) is 0 Å². The van der Waals surface area contributed by atoms with Crippen LogP contribution in [0.4, 0.5) is 4.79 Å². The lowest BCUT2D eigenvalue weighted by molar-refractivity contribution is -0.150. The Bertz CT molecular complexity index is 714. The summed E-state index contributed by atoms with van der Waals surface area (Å²) in [4.78, 5) is 36.5. The van der Waals surface area contributed by atoms with Crippen molar-refractivity contribution in [3.63, 3.8) is 0 Å². The molecule has 7 nitrogen and oxygen atoms in total. The molecule has 1 aromatic rings. The molecule has 0 aromatic heterocycles. The van der Waals surface area contributed by atoms with Gasteiger partial charge >= 0.3 is 12.1 Å². The number of carboxylic acid groups (broad SMARTS) is 1. The zero-order chi connectivity index (χ0) is 19.1. The molecule has 1 heterocycles. The highest BCUT2D eigenvalue weighted by Crippen LogP contribution is 2.25. The predicted octanol–water partition coefficient (Wildman–Crippen LogP) is 2.10. The summed E-state index contributed by atoms with van der Waals surface area (Å²) in [5.41, 5.74) is 1.39. The van der Waals surface area contributed by atoms with Crippen molar-refractivity contribution in [2.75, 3.05) is 6.54 Å². The number of aliphatic carboxylic acids is 1. The molecule has 7 heteroatoms. The van der Waals surface area contributed by atoms with Gasteiger partial charge in [-0.25, -0.2) is 9.59 Å². The maximum absolute atomic E-state index is 12.3. The van der Waals surface area contributed by atoms with Crippen LogP contribution in [0, 0.1) is 0 Å². The minimum Gasteiger partial charge on any atom is -0.478 e. The van der Waals surface area contributed by atoms with Gasteiger partial charge in [0.15, 0.2) is 0 Å². The predicted molar refractivity (Wildman–Crippen MR) is 95.3 cm³/mol. The maximum atomic E-state index is 12.3. The number of alkyl carbamates (subject to hydrolysis) is 1. The highest BCUT2D eigenvalue weighted by molar-refractivity contribution is 5.92. The molecule has 1 fully saturated rings. The topological polar surface area (TPSA) is 95.9 Å². The van der Waals surface area contributed by atoms with Crippen LogP contribution in [0.15, 0.2) is 54.6 Å². The molecule has 0 saturated carbocycles. The monoisotopic (exact) mass is 358 g/mol. The molecule has 1 saturated heterocycles. The Morgan fingerprint density at radius 1 is 1.35 bits per heavy atom.